The summed E-state index contributed by atoms with van der Waals surface area (Å²) in [5.41, 5.74) is 0.856. The summed E-state index contributed by atoms with van der Waals surface area (Å²) < 4.78 is 41.9. The number of alkyl halides is 2. The van der Waals surface area contributed by atoms with Crippen LogP contribution in [-0.2, 0) is 16.0 Å². The molecule has 0 bridgehead atoms. The molecule has 25 heavy (non-hydrogen) atoms. The van der Waals surface area contributed by atoms with Crippen LogP contribution in [0.15, 0.2) is 42.5 Å². The lowest BCUT2D eigenvalue weighted by molar-refractivity contribution is -0.116. The van der Waals surface area contributed by atoms with Gasteiger partial charge in [0.1, 0.15) is 11.6 Å². The Morgan fingerprint density at radius 2 is 1.76 bits per heavy atom. The standard InChI is InChI=1S/C17H15F3N2O3/c1-10(23)21-15-9-12(4-7-14(15)18)22-16(24)8-11-2-5-13(6-3-11)25-17(19)20/h2-7,9,17H,8H2,1H3,(H,21,23)(H,22,24). The molecule has 0 spiro atoms. The van der Waals surface area contributed by atoms with E-state index in [1.54, 1.807) is 0 Å². The van der Waals surface area contributed by atoms with Crippen LogP contribution in [0.4, 0.5) is 24.5 Å². The number of anilines is 2. The van der Waals surface area contributed by atoms with Crippen LogP contribution in [0.3, 0.4) is 0 Å². The normalized spacial score (nSPS) is 10.4. The first-order chi connectivity index (χ1) is 11.8. The average Bonchev–Trinajstić information content (AvgIpc) is 2.51. The molecule has 2 N–H and O–H groups in total. The highest BCUT2D eigenvalue weighted by atomic mass is 19.3. The van der Waals surface area contributed by atoms with Crippen LogP contribution in [0, 0.1) is 5.82 Å². The van der Waals surface area contributed by atoms with Gasteiger partial charge >= 0.3 is 6.61 Å². The van der Waals surface area contributed by atoms with Crippen molar-refractivity contribution in [1.82, 2.24) is 0 Å². The summed E-state index contributed by atoms with van der Waals surface area (Å²) in [6, 6.07) is 9.43. The van der Waals surface area contributed by atoms with Crippen molar-refractivity contribution >= 4 is 23.2 Å². The second kappa shape index (κ2) is 8.18. The summed E-state index contributed by atoms with van der Waals surface area (Å²) in [6.07, 6.45) is -0.0121. The van der Waals surface area contributed by atoms with Crippen LogP contribution in [0.5, 0.6) is 5.75 Å². The molecule has 0 saturated carbocycles. The molecular weight excluding hydrogens is 337 g/mol. The van der Waals surface area contributed by atoms with Gasteiger partial charge < -0.3 is 15.4 Å². The van der Waals surface area contributed by atoms with Gasteiger partial charge in [-0.2, -0.15) is 8.78 Å². The molecule has 0 aliphatic rings. The van der Waals surface area contributed by atoms with Crippen LogP contribution in [0.25, 0.3) is 0 Å². The van der Waals surface area contributed by atoms with Crippen molar-refractivity contribution in [3.8, 4) is 5.75 Å². The predicted octanol–water partition coefficient (Wildman–Crippen LogP) is 3.57. The molecule has 2 aromatic carbocycles. The number of amides is 2. The van der Waals surface area contributed by atoms with Crippen LogP contribution in [0.1, 0.15) is 12.5 Å². The Kier molecular flexibility index (Phi) is 5.99. The number of carbonyl (C=O) groups excluding carboxylic acids is 2. The highest BCUT2D eigenvalue weighted by molar-refractivity contribution is 5.94. The van der Waals surface area contributed by atoms with Gasteiger partial charge in [0.2, 0.25) is 11.8 Å². The number of hydrogen-bond donors (Lipinski definition) is 2. The molecule has 8 heteroatoms. The second-order valence-electron chi connectivity index (χ2n) is 5.12. The van der Waals surface area contributed by atoms with Crippen molar-refractivity contribution in [1.29, 1.82) is 0 Å². The molecule has 132 valence electrons. The van der Waals surface area contributed by atoms with Crippen molar-refractivity contribution in [2.24, 2.45) is 0 Å². The minimum atomic E-state index is -2.91. The van der Waals surface area contributed by atoms with Crippen LogP contribution < -0.4 is 15.4 Å². The Labute approximate surface area is 141 Å². The lowest BCUT2D eigenvalue weighted by atomic mass is 10.1. The Morgan fingerprint density at radius 1 is 1.08 bits per heavy atom. The molecule has 0 fully saturated rings. The number of nitrogens with one attached hydrogen (secondary N) is 2. The zero-order valence-corrected chi connectivity index (χ0v) is 13.2. The van der Waals surface area contributed by atoms with Crippen molar-refractivity contribution < 1.29 is 27.5 Å². The number of carbonyl (C=O) groups is 2. The third-order valence-electron chi connectivity index (χ3n) is 3.07. The van der Waals surface area contributed by atoms with E-state index in [2.05, 4.69) is 15.4 Å². The van der Waals surface area contributed by atoms with Gasteiger partial charge in [-0.05, 0) is 35.9 Å². The lowest BCUT2D eigenvalue weighted by Gasteiger charge is -2.09. The van der Waals surface area contributed by atoms with Gasteiger partial charge in [-0.25, -0.2) is 4.39 Å². The van der Waals surface area contributed by atoms with E-state index >= 15 is 0 Å². The summed E-state index contributed by atoms with van der Waals surface area (Å²) in [5, 5.41) is 4.89. The summed E-state index contributed by atoms with van der Waals surface area (Å²) in [4.78, 5) is 23.0. The molecule has 0 heterocycles. The molecule has 0 aliphatic carbocycles. The molecule has 5 nitrogen and oxygen atoms in total. The molecule has 0 saturated heterocycles. The number of rotatable bonds is 6. The van der Waals surface area contributed by atoms with Gasteiger partial charge in [0.15, 0.2) is 0 Å². The van der Waals surface area contributed by atoms with Gasteiger partial charge in [-0.3, -0.25) is 9.59 Å². The molecule has 0 unspecified atom stereocenters. The zero-order chi connectivity index (χ0) is 18.4. The van der Waals surface area contributed by atoms with Crippen molar-refractivity contribution in [2.45, 2.75) is 20.0 Å². The number of halogens is 3. The Hall–Kier alpha value is -3.03. The Morgan fingerprint density at radius 3 is 2.36 bits per heavy atom. The van der Waals surface area contributed by atoms with E-state index in [0.29, 0.717) is 11.3 Å². The fourth-order valence-corrected chi connectivity index (χ4v) is 2.07. The van der Waals surface area contributed by atoms with E-state index in [1.165, 1.54) is 43.3 Å². The first-order valence-electron chi connectivity index (χ1n) is 7.24. The van der Waals surface area contributed by atoms with E-state index in [1.807, 2.05) is 0 Å². The zero-order valence-electron chi connectivity index (χ0n) is 13.2. The van der Waals surface area contributed by atoms with E-state index in [0.717, 1.165) is 6.07 Å². The van der Waals surface area contributed by atoms with Crippen LogP contribution in [-0.4, -0.2) is 18.4 Å². The summed E-state index contributed by atoms with van der Waals surface area (Å²) >= 11 is 0. The fraction of sp³-hybridized carbons (Fsp3) is 0.176. The SMILES string of the molecule is CC(=O)Nc1cc(NC(=O)Cc2ccc(OC(F)F)cc2)ccc1F. The smallest absolute Gasteiger partial charge is 0.387 e. The van der Waals surface area contributed by atoms with E-state index < -0.39 is 18.3 Å². The third-order valence-corrected chi connectivity index (χ3v) is 3.07. The summed E-state index contributed by atoms with van der Waals surface area (Å²) in [5.74, 6) is -1.45. The maximum atomic E-state index is 13.5. The number of benzene rings is 2. The molecule has 2 aromatic rings. The molecule has 0 aromatic heterocycles. The number of hydrogen-bond acceptors (Lipinski definition) is 3. The summed E-state index contributed by atoms with van der Waals surface area (Å²) in [6.45, 7) is -1.67. The van der Waals surface area contributed by atoms with E-state index in [4.69, 9.17) is 0 Å². The molecule has 0 aliphatic heterocycles. The average molecular weight is 352 g/mol. The van der Waals surface area contributed by atoms with E-state index in [-0.39, 0.29) is 23.8 Å². The van der Waals surface area contributed by atoms with Gasteiger partial charge in [-0.15, -0.1) is 0 Å². The van der Waals surface area contributed by atoms with Crippen molar-refractivity contribution in [3.05, 3.63) is 53.8 Å². The van der Waals surface area contributed by atoms with Gasteiger partial charge in [0.25, 0.3) is 0 Å². The third kappa shape index (κ3) is 5.83. The molecule has 2 amide bonds. The highest BCUT2D eigenvalue weighted by Gasteiger charge is 2.09. The maximum absolute atomic E-state index is 13.5. The quantitative estimate of drug-likeness (QED) is 0.835. The molecule has 2 rings (SSSR count). The largest absolute Gasteiger partial charge is 0.435 e. The first kappa shape index (κ1) is 18.3. The Bertz CT molecular complexity index is 764. The lowest BCUT2D eigenvalue weighted by Crippen LogP contribution is -2.15. The second-order valence-corrected chi connectivity index (χ2v) is 5.12. The van der Waals surface area contributed by atoms with Gasteiger partial charge in [-0.1, -0.05) is 12.1 Å². The minimum absolute atomic E-state index is 0.00218. The Balaban J connectivity index is 1.99. The fourth-order valence-electron chi connectivity index (χ4n) is 2.07. The molecule has 0 radical (unpaired) electrons. The van der Waals surface area contributed by atoms with Gasteiger partial charge in [0.05, 0.1) is 12.1 Å². The minimum Gasteiger partial charge on any atom is -0.435 e. The maximum Gasteiger partial charge on any atom is 0.387 e. The number of ether oxygens (including phenoxy) is 1. The predicted molar refractivity (Wildman–Crippen MR) is 86.1 cm³/mol. The first-order valence-corrected chi connectivity index (χ1v) is 7.24. The molecular formula is C17H15F3N2O3. The van der Waals surface area contributed by atoms with E-state index in [9.17, 15) is 22.8 Å². The van der Waals surface area contributed by atoms with Gasteiger partial charge in [0, 0.05) is 12.6 Å². The van der Waals surface area contributed by atoms with Crippen LogP contribution in [0.2, 0.25) is 0 Å². The topological polar surface area (TPSA) is 67.4 Å². The monoisotopic (exact) mass is 352 g/mol. The van der Waals surface area contributed by atoms with Crippen molar-refractivity contribution in [2.75, 3.05) is 10.6 Å². The highest BCUT2D eigenvalue weighted by Crippen LogP contribution is 2.20. The van der Waals surface area contributed by atoms with Crippen LogP contribution >= 0.6 is 0 Å². The molecule has 0 atom stereocenters. The van der Waals surface area contributed by atoms with Crippen molar-refractivity contribution in [3.63, 3.8) is 0 Å². The summed E-state index contributed by atoms with van der Waals surface area (Å²) in [7, 11) is 0.